The lowest BCUT2D eigenvalue weighted by molar-refractivity contribution is -0.139. The topological polar surface area (TPSA) is 186 Å². The number of halogens is 3. The summed E-state index contributed by atoms with van der Waals surface area (Å²) in [6.45, 7) is 0.279. The number of anilines is 1. The molecule has 4 rings (SSSR count). The second kappa shape index (κ2) is 10.5. The predicted octanol–water partition coefficient (Wildman–Crippen LogP) is 0.351. The first kappa shape index (κ1) is 26.7. The average molecular weight is 525 g/mol. The first-order valence-electron chi connectivity index (χ1n) is 11.3. The molecular formula is C22H26F3N7O5. The van der Waals surface area contributed by atoms with Gasteiger partial charge in [0.25, 0.3) is 0 Å². The minimum absolute atomic E-state index is 0.0197. The van der Waals surface area contributed by atoms with Crippen LogP contribution in [0.3, 0.4) is 0 Å². The molecule has 3 aromatic rings. The van der Waals surface area contributed by atoms with Crippen LogP contribution in [0.5, 0.6) is 0 Å². The van der Waals surface area contributed by atoms with Crippen LogP contribution in [0.4, 0.5) is 19.0 Å². The number of nitrogens with zero attached hydrogens (tertiary/aromatic N) is 5. The van der Waals surface area contributed by atoms with Crippen LogP contribution in [0, 0.1) is 0 Å². The third-order valence-corrected chi connectivity index (χ3v) is 6.20. The first-order valence-corrected chi connectivity index (χ1v) is 11.3. The largest absolute Gasteiger partial charge is 0.480 e. The fourth-order valence-corrected chi connectivity index (χ4v) is 4.16. The lowest BCUT2D eigenvalue weighted by atomic mass is 10.1. The Labute approximate surface area is 208 Å². The summed E-state index contributed by atoms with van der Waals surface area (Å²) in [6.07, 6.45) is -6.58. The standard InChI is InChI=1S/C22H26F3N7O5/c23-22(24,25)12-3-1-11(2-4-12)7-31(6-5-13(26)21(35)36)8-14-16(33)17(34)20(37-14)32-10-30-15-18(27)28-9-29-19(15)32/h1-4,9-10,13-14,16-17,20,33-34H,5-8,26H2,(H,35,36)(H2,27,28,29)/t13-,14+,16+,17+,20+/m0/s1. The number of fused-ring (bicyclic) bond motifs is 1. The number of carboxylic acid groups (broad SMARTS) is 1. The summed E-state index contributed by atoms with van der Waals surface area (Å²) in [5.74, 6) is -1.07. The molecule has 0 radical (unpaired) electrons. The second-order valence-electron chi connectivity index (χ2n) is 8.79. The zero-order valence-corrected chi connectivity index (χ0v) is 19.4. The monoisotopic (exact) mass is 525 g/mol. The molecule has 1 aromatic carbocycles. The number of aliphatic hydroxyl groups excluding tert-OH is 2. The molecule has 37 heavy (non-hydrogen) atoms. The molecule has 5 atom stereocenters. The van der Waals surface area contributed by atoms with Gasteiger partial charge in [0.05, 0.1) is 11.9 Å². The van der Waals surface area contributed by atoms with Gasteiger partial charge in [-0.25, -0.2) is 15.0 Å². The van der Waals surface area contributed by atoms with Gasteiger partial charge in [-0.05, 0) is 24.1 Å². The van der Waals surface area contributed by atoms with Crippen LogP contribution in [0.15, 0.2) is 36.9 Å². The number of carboxylic acids is 1. The second-order valence-corrected chi connectivity index (χ2v) is 8.79. The van der Waals surface area contributed by atoms with Crippen molar-refractivity contribution in [1.82, 2.24) is 24.4 Å². The van der Waals surface area contributed by atoms with E-state index in [1.165, 1.54) is 29.4 Å². The Bertz CT molecular complexity index is 1240. The summed E-state index contributed by atoms with van der Waals surface area (Å²) in [5, 5.41) is 30.6. The van der Waals surface area contributed by atoms with E-state index in [1.54, 1.807) is 4.90 Å². The summed E-state index contributed by atoms with van der Waals surface area (Å²) in [7, 11) is 0. The highest BCUT2D eigenvalue weighted by atomic mass is 19.4. The quantitative estimate of drug-likeness (QED) is 0.260. The van der Waals surface area contributed by atoms with E-state index in [1.807, 2.05) is 0 Å². The van der Waals surface area contributed by atoms with Crippen LogP contribution in [-0.2, 0) is 22.3 Å². The Kier molecular flexibility index (Phi) is 7.61. The minimum atomic E-state index is -4.48. The molecule has 2 aromatic heterocycles. The predicted molar refractivity (Wildman–Crippen MR) is 123 cm³/mol. The molecule has 1 fully saturated rings. The number of hydrogen-bond donors (Lipinski definition) is 5. The van der Waals surface area contributed by atoms with Gasteiger partial charge in [0, 0.05) is 19.6 Å². The lowest BCUT2D eigenvalue weighted by Gasteiger charge is -2.27. The van der Waals surface area contributed by atoms with Crippen molar-refractivity contribution < 1.29 is 38.0 Å². The van der Waals surface area contributed by atoms with Gasteiger partial charge in [0.1, 0.15) is 36.2 Å². The Hall–Kier alpha value is -3.37. The highest BCUT2D eigenvalue weighted by molar-refractivity contribution is 5.81. The van der Waals surface area contributed by atoms with Crippen molar-refractivity contribution in [1.29, 1.82) is 0 Å². The summed E-state index contributed by atoms with van der Waals surface area (Å²) in [6, 6.07) is 3.38. The van der Waals surface area contributed by atoms with Gasteiger partial charge in [0.2, 0.25) is 0 Å². The Morgan fingerprint density at radius 1 is 1.16 bits per heavy atom. The maximum absolute atomic E-state index is 12.9. The summed E-state index contributed by atoms with van der Waals surface area (Å²) >= 11 is 0. The van der Waals surface area contributed by atoms with Gasteiger partial charge >= 0.3 is 12.1 Å². The van der Waals surface area contributed by atoms with Crippen LogP contribution in [-0.4, -0.2) is 83.2 Å². The van der Waals surface area contributed by atoms with Crippen molar-refractivity contribution in [3.63, 3.8) is 0 Å². The van der Waals surface area contributed by atoms with Crippen molar-refractivity contribution in [2.75, 3.05) is 18.8 Å². The van der Waals surface area contributed by atoms with Crippen LogP contribution < -0.4 is 11.5 Å². The molecule has 12 nitrogen and oxygen atoms in total. The normalized spacial score (nSPS) is 23.1. The molecule has 7 N–H and O–H groups in total. The molecular weight excluding hydrogens is 499 g/mol. The molecule has 200 valence electrons. The van der Waals surface area contributed by atoms with Crippen LogP contribution >= 0.6 is 0 Å². The smallest absolute Gasteiger partial charge is 0.416 e. The van der Waals surface area contributed by atoms with Crippen LogP contribution in [0.25, 0.3) is 11.2 Å². The first-order chi connectivity index (χ1) is 17.5. The van der Waals surface area contributed by atoms with Crippen LogP contribution in [0.2, 0.25) is 0 Å². The molecule has 0 saturated carbocycles. The third kappa shape index (κ3) is 5.80. The molecule has 0 spiro atoms. The minimum Gasteiger partial charge on any atom is -0.480 e. The zero-order chi connectivity index (χ0) is 26.9. The molecule has 1 aliphatic heterocycles. The number of rotatable bonds is 9. The number of aliphatic carboxylic acids is 1. The number of hydrogen-bond acceptors (Lipinski definition) is 10. The Morgan fingerprint density at radius 3 is 2.51 bits per heavy atom. The molecule has 0 unspecified atom stereocenters. The number of aromatic nitrogens is 4. The van der Waals surface area contributed by atoms with E-state index >= 15 is 0 Å². The van der Waals surface area contributed by atoms with Crippen molar-refractivity contribution in [3.05, 3.63) is 48.0 Å². The van der Waals surface area contributed by atoms with E-state index in [4.69, 9.17) is 21.3 Å². The number of aliphatic hydroxyl groups is 2. The number of imidazole rings is 1. The van der Waals surface area contributed by atoms with E-state index in [9.17, 15) is 28.2 Å². The molecule has 3 heterocycles. The highest BCUT2D eigenvalue weighted by Crippen LogP contribution is 2.33. The van der Waals surface area contributed by atoms with Gasteiger partial charge in [-0.3, -0.25) is 14.3 Å². The van der Waals surface area contributed by atoms with Crippen molar-refractivity contribution in [3.8, 4) is 0 Å². The van der Waals surface area contributed by atoms with Crippen molar-refractivity contribution in [2.45, 2.75) is 49.7 Å². The number of nitrogen functional groups attached to an aromatic ring is 1. The highest BCUT2D eigenvalue weighted by Gasteiger charge is 2.45. The SMILES string of the molecule is Nc1ncnc2c1ncn2[C@@H]1O[C@H](CN(CC[C@H](N)C(=O)O)Cc2ccc(C(F)(F)F)cc2)[C@@H](O)[C@H]1O. The van der Waals surface area contributed by atoms with E-state index in [-0.39, 0.29) is 31.9 Å². The molecule has 0 amide bonds. The molecule has 0 aliphatic carbocycles. The summed E-state index contributed by atoms with van der Waals surface area (Å²) < 4.78 is 46.1. The van der Waals surface area contributed by atoms with Gasteiger partial charge in [0.15, 0.2) is 17.7 Å². The van der Waals surface area contributed by atoms with Crippen LogP contribution in [0.1, 0.15) is 23.8 Å². The molecule has 1 saturated heterocycles. The van der Waals surface area contributed by atoms with Gasteiger partial charge < -0.3 is 31.5 Å². The molecule has 1 aliphatic rings. The Balaban J connectivity index is 1.52. The number of benzene rings is 1. The van der Waals surface area contributed by atoms with Gasteiger partial charge in [-0.1, -0.05) is 12.1 Å². The van der Waals surface area contributed by atoms with Crippen molar-refractivity contribution >= 4 is 23.0 Å². The fourth-order valence-electron chi connectivity index (χ4n) is 4.16. The van der Waals surface area contributed by atoms with E-state index in [0.717, 1.165) is 12.1 Å². The molecule has 0 bridgehead atoms. The fraction of sp³-hybridized carbons (Fsp3) is 0.455. The number of ether oxygens (including phenoxy) is 1. The average Bonchev–Trinajstić information content (AvgIpc) is 3.39. The molecule has 15 heteroatoms. The Morgan fingerprint density at radius 2 is 1.86 bits per heavy atom. The van der Waals surface area contributed by atoms with Gasteiger partial charge in [-0.2, -0.15) is 13.2 Å². The summed E-state index contributed by atoms with van der Waals surface area (Å²) in [5.41, 5.74) is 11.7. The number of nitrogens with two attached hydrogens (primary N) is 2. The van der Waals surface area contributed by atoms with Crippen molar-refractivity contribution in [2.24, 2.45) is 5.73 Å². The van der Waals surface area contributed by atoms with E-state index in [0.29, 0.717) is 16.7 Å². The van der Waals surface area contributed by atoms with E-state index < -0.39 is 48.3 Å². The van der Waals surface area contributed by atoms with E-state index in [2.05, 4.69) is 15.0 Å². The maximum atomic E-state index is 12.9. The zero-order valence-electron chi connectivity index (χ0n) is 19.4. The third-order valence-electron chi connectivity index (χ3n) is 6.20. The maximum Gasteiger partial charge on any atom is 0.416 e. The summed E-state index contributed by atoms with van der Waals surface area (Å²) in [4.78, 5) is 25.0. The van der Waals surface area contributed by atoms with Gasteiger partial charge in [-0.15, -0.1) is 0 Å². The lowest BCUT2D eigenvalue weighted by Crippen LogP contribution is -2.42. The number of carbonyl (C=O) groups is 1. The number of alkyl halides is 3.